The van der Waals surface area contributed by atoms with Gasteiger partial charge in [0.15, 0.2) is 0 Å². The number of carbonyl (C=O) groups excluding carboxylic acids is 3. The Morgan fingerprint density at radius 3 is 2.17 bits per heavy atom. The van der Waals surface area contributed by atoms with Crippen molar-refractivity contribution in [3.8, 4) is 0 Å². The molecule has 0 radical (unpaired) electrons. The molecule has 10 heteroatoms. The lowest BCUT2D eigenvalue weighted by atomic mass is 10.0. The normalized spacial score (nSPS) is 13.6. The molecule has 2 amide bonds. The highest BCUT2D eigenvalue weighted by Gasteiger charge is 2.28. The van der Waals surface area contributed by atoms with Crippen molar-refractivity contribution >= 4 is 27.8 Å². The van der Waals surface area contributed by atoms with Crippen molar-refractivity contribution in [1.82, 2.24) is 14.9 Å². The molecule has 9 nitrogen and oxygen atoms in total. The quantitative estimate of drug-likeness (QED) is 0.525. The maximum Gasteiger partial charge on any atom is 0.328 e. The van der Waals surface area contributed by atoms with E-state index in [1.165, 1.54) is 42.6 Å². The molecule has 0 bridgehead atoms. The van der Waals surface area contributed by atoms with Gasteiger partial charge in [-0.3, -0.25) is 9.59 Å². The molecular formula is C20H31N3O6S. The number of methoxy groups -OCH3 is 1. The molecule has 0 aromatic heterocycles. The molecule has 0 heterocycles. The van der Waals surface area contributed by atoms with E-state index in [2.05, 4.69) is 15.4 Å². The van der Waals surface area contributed by atoms with E-state index in [1.54, 1.807) is 27.7 Å². The smallest absolute Gasteiger partial charge is 0.328 e. The minimum absolute atomic E-state index is 0.00344. The van der Waals surface area contributed by atoms with Gasteiger partial charge in [0.2, 0.25) is 15.9 Å². The maximum atomic E-state index is 12.7. The number of nitrogens with one attached hydrogen (secondary N) is 2. The molecule has 1 rings (SSSR count). The predicted molar refractivity (Wildman–Crippen MR) is 112 cm³/mol. The third-order valence-electron chi connectivity index (χ3n) is 4.59. The number of nitrogens with zero attached hydrogens (tertiary/aromatic N) is 1. The first-order chi connectivity index (χ1) is 14.0. The van der Waals surface area contributed by atoms with Gasteiger partial charge >= 0.3 is 5.97 Å². The highest BCUT2D eigenvalue weighted by molar-refractivity contribution is 7.89. The topological polar surface area (TPSA) is 122 Å². The summed E-state index contributed by atoms with van der Waals surface area (Å²) in [5.41, 5.74) is 0.114. The molecule has 0 unspecified atom stereocenters. The van der Waals surface area contributed by atoms with Crippen LogP contribution in [0.4, 0.5) is 0 Å². The Labute approximate surface area is 178 Å². The molecule has 0 aliphatic heterocycles. The molecule has 0 saturated carbocycles. The van der Waals surface area contributed by atoms with E-state index >= 15 is 0 Å². The zero-order valence-corrected chi connectivity index (χ0v) is 19.1. The SMILES string of the molecule is CCN(CC)S(=O)(=O)c1cccc(C(=O)N[C@H](C(=O)N[C@@H](C)C(=O)OC)C(C)C)c1. The van der Waals surface area contributed by atoms with Crippen LogP contribution in [-0.4, -0.2) is 62.8 Å². The van der Waals surface area contributed by atoms with Gasteiger partial charge in [0.1, 0.15) is 12.1 Å². The lowest BCUT2D eigenvalue weighted by molar-refractivity contribution is -0.144. The first-order valence-corrected chi connectivity index (χ1v) is 11.2. The fourth-order valence-corrected chi connectivity index (χ4v) is 4.31. The monoisotopic (exact) mass is 441 g/mol. The van der Waals surface area contributed by atoms with E-state index in [-0.39, 0.29) is 16.4 Å². The average molecular weight is 442 g/mol. The zero-order valence-electron chi connectivity index (χ0n) is 18.3. The van der Waals surface area contributed by atoms with Crippen LogP contribution >= 0.6 is 0 Å². The van der Waals surface area contributed by atoms with E-state index in [0.717, 1.165) is 0 Å². The molecule has 0 saturated heterocycles. The second-order valence-electron chi connectivity index (χ2n) is 7.07. The van der Waals surface area contributed by atoms with Crippen LogP contribution in [0.1, 0.15) is 45.0 Å². The number of benzene rings is 1. The molecule has 0 fully saturated rings. The van der Waals surface area contributed by atoms with Gasteiger partial charge in [-0.15, -0.1) is 0 Å². The van der Waals surface area contributed by atoms with Gasteiger partial charge in [0.05, 0.1) is 12.0 Å². The Balaban J connectivity index is 3.07. The number of hydrogen-bond donors (Lipinski definition) is 2. The van der Waals surface area contributed by atoms with Gasteiger partial charge in [-0.1, -0.05) is 33.8 Å². The molecule has 0 aliphatic carbocycles. The predicted octanol–water partition coefficient (Wildman–Crippen LogP) is 1.15. The molecule has 0 spiro atoms. The van der Waals surface area contributed by atoms with Crippen molar-refractivity contribution in [2.45, 2.75) is 51.6 Å². The molecular weight excluding hydrogens is 410 g/mol. The minimum atomic E-state index is -3.72. The van der Waals surface area contributed by atoms with Gasteiger partial charge in [-0.05, 0) is 31.0 Å². The van der Waals surface area contributed by atoms with Gasteiger partial charge in [0.25, 0.3) is 5.91 Å². The lowest BCUT2D eigenvalue weighted by Crippen LogP contribution is -2.53. The summed E-state index contributed by atoms with van der Waals surface area (Å²) in [5.74, 6) is -2.01. The summed E-state index contributed by atoms with van der Waals surface area (Å²) in [4.78, 5) is 36.8. The Kier molecular flexibility index (Phi) is 9.44. The van der Waals surface area contributed by atoms with Crippen LogP contribution in [0.5, 0.6) is 0 Å². The van der Waals surface area contributed by atoms with Crippen LogP contribution in [0.3, 0.4) is 0 Å². The highest BCUT2D eigenvalue weighted by Crippen LogP contribution is 2.17. The van der Waals surface area contributed by atoms with E-state index in [0.29, 0.717) is 13.1 Å². The van der Waals surface area contributed by atoms with Crippen LogP contribution < -0.4 is 10.6 Å². The number of ether oxygens (including phenoxy) is 1. The molecule has 2 N–H and O–H groups in total. The highest BCUT2D eigenvalue weighted by atomic mass is 32.2. The summed E-state index contributed by atoms with van der Waals surface area (Å²) >= 11 is 0. The van der Waals surface area contributed by atoms with E-state index in [9.17, 15) is 22.8 Å². The number of amides is 2. The molecule has 30 heavy (non-hydrogen) atoms. The van der Waals surface area contributed by atoms with Crippen molar-refractivity contribution in [3.05, 3.63) is 29.8 Å². The molecule has 168 valence electrons. The lowest BCUT2D eigenvalue weighted by Gasteiger charge is -2.23. The summed E-state index contributed by atoms with van der Waals surface area (Å²) in [6.45, 7) is 9.05. The fourth-order valence-electron chi connectivity index (χ4n) is 2.81. The number of rotatable bonds is 10. The molecule has 2 atom stereocenters. The summed E-state index contributed by atoms with van der Waals surface area (Å²) in [7, 11) is -2.51. The second-order valence-corrected chi connectivity index (χ2v) is 9.00. The summed E-state index contributed by atoms with van der Waals surface area (Å²) in [6, 6.07) is 3.87. The fraction of sp³-hybridized carbons (Fsp3) is 0.550. The first-order valence-electron chi connectivity index (χ1n) is 9.78. The zero-order chi connectivity index (χ0) is 23.1. The van der Waals surface area contributed by atoms with Crippen molar-refractivity contribution in [2.75, 3.05) is 20.2 Å². The van der Waals surface area contributed by atoms with Crippen LogP contribution in [0.25, 0.3) is 0 Å². The molecule has 1 aromatic rings. The second kappa shape index (κ2) is 11.1. The van der Waals surface area contributed by atoms with Crippen molar-refractivity contribution in [2.24, 2.45) is 5.92 Å². The summed E-state index contributed by atoms with van der Waals surface area (Å²) < 4.78 is 31.3. The minimum Gasteiger partial charge on any atom is -0.467 e. The largest absolute Gasteiger partial charge is 0.467 e. The summed E-state index contributed by atoms with van der Waals surface area (Å²) in [5, 5.41) is 5.12. The first kappa shape index (κ1) is 25.6. The van der Waals surface area contributed by atoms with Crippen LogP contribution in [0, 0.1) is 5.92 Å². The van der Waals surface area contributed by atoms with E-state index < -0.39 is 39.9 Å². The third kappa shape index (κ3) is 6.27. The number of esters is 1. The van der Waals surface area contributed by atoms with E-state index in [4.69, 9.17) is 0 Å². The third-order valence-corrected chi connectivity index (χ3v) is 6.63. The number of hydrogen-bond acceptors (Lipinski definition) is 6. The van der Waals surface area contributed by atoms with Crippen molar-refractivity contribution in [1.29, 1.82) is 0 Å². The standard InChI is InChI=1S/C20H31N3O6S/c1-7-23(8-2)30(27,28)16-11-9-10-15(12-16)18(24)22-17(13(3)4)19(25)21-14(5)20(26)29-6/h9-14,17H,7-8H2,1-6H3,(H,21,25)(H,22,24)/t14-,17-/m0/s1. The van der Waals surface area contributed by atoms with Crippen LogP contribution in [-0.2, 0) is 24.3 Å². The van der Waals surface area contributed by atoms with Crippen molar-refractivity contribution < 1.29 is 27.5 Å². The number of sulfonamides is 1. The average Bonchev–Trinajstić information content (AvgIpc) is 2.71. The van der Waals surface area contributed by atoms with Crippen LogP contribution in [0.2, 0.25) is 0 Å². The molecule has 0 aliphatic rings. The van der Waals surface area contributed by atoms with Gasteiger partial charge < -0.3 is 15.4 Å². The Morgan fingerprint density at radius 2 is 1.67 bits per heavy atom. The maximum absolute atomic E-state index is 12.7. The number of carbonyl (C=O) groups is 3. The Bertz CT molecular complexity index is 865. The molecule has 1 aromatic carbocycles. The van der Waals surface area contributed by atoms with Gasteiger partial charge in [-0.2, -0.15) is 4.31 Å². The van der Waals surface area contributed by atoms with Crippen LogP contribution in [0.15, 0.2) is 29.2 Å². The summed E-state index contributed by atoms with van der Waals surface area (Å²) in [6.07, 6.45) is 0. The Morgan fingerprint density at radius 1 is 1.07 bits per heavy atom. The Hall–Kier alpha value is -2.46. The van der Waals surface area contributed by atoms with E-state index in [1.807, 2.05) is 0 Å². The van der Waals surface area contributed by atoms with Gasteiger partial charge in [0, 0.05) is 18.7 Å². The van der Waals surface area contributed by atoms with Gasteiger partial charge in [-0.25, -0.2) is 13.2 Å². The van der Waals surface area contributed by atoms with Crippen molar-refractivity contribution in [3.63, 3.8) is 0 Å².